The number of carbonyl (C=O) groups is 2. The fourth-order valence-corrected chi connectivity index (χ4v) is 3.04. The lowest BCUT2D eigenvalue weighted by Crippen LogP contribution is -2.31. The Labute approximate surface area is 165 Å². The van der Waals surface area contributed by atoms with Crippen LogP contribution in [0.15, 0.2) is 84.9 Å². The van der Waals surface area contributed by atoms with E-state index < -0.39 is 6.04 Å². The van der Waals surface area contributed by atoms with E-state index in [-0.39, 0.29) is 18.2 Å². The number of aryl methyl sites for hydroxylation is 1. The van der Waals surface area contributed by atoms with Crippen LogP contribution in [-0.4, -0.2) is 11.8 Å². The average Bonchev–Trinajstić information content (AvgIpc) is 2.74. The van der Waals surface area contributed by atoms with Gasteiger partial charge in [-0.1, -0.05) is 67.6 Å². The van der Waals surface area contributed by atoms with Gasteiger partial charge in [0.1, 0.15) is 0 Å². The van der Waals surface area contributed by atoms with Gasteiger partial charge in [0.2, 0.25) is 5.91 Å². The van der Waals surface area contributed by atoms with Gasteiger partial charge in [0, 0.05) is 11.3 Å². The zero-order valence-corrected chi connectivity index (χ0v) is 15.9. The first-order chi connectivity index (χ1) is 13.7. The second kappa shape index (κ2) is 9.51. The largest absolute Gasteiger partial charge is 0.345 e. The van der Waals surface area contributed by atoms with Gasteiger partial charge < -0.3 is 10.6 Å². The predicted molar refractivity (Wildman–Crippen MR) is 112 cm³/mol. The molecule has 0 radical (unpaired) electrons. The van der Waals surface area contributed by atoms with Crippen molar-refractivity contribution in [3.05, 3.63) is 102 Å². The quantitative estimate of drug-likeness (QED) is 0.629. The number of hydrogen-bond acceptors (Lipinski definition) is 2. The van der Waals surface area contributed by atoms with Crippen molar-refractivity contribution >= 4 is 17.5 Å². The number of amides is 2. The van der Waals surface area contributed by atoms with Gasteiger partial charge in [0.15, 0.2) is 0 Å². The molecule has 0 saturated heterocycles. The van der Waals surface area contributed by atoms with Crippen LogP contribution in [0.5, 0.6) is 0 Å². The summed E-state index contributed by atoms with van der Waals surface area (Å²) in [6, 6.07) is 26.0. The molecule has 2 amide bonds. The summed E-state index contributed by atoms with van der Waals surface area (Å²) in [7, 11) is 0. The highest BCUT2D eigenvalue weighted by Gasteiger charge is 2.19. The Bertz CT molecular complexity index is 924. The molecule has 1 atom stereocenters. The maximum absolute atomic E-state index is 12.7. The summed E-state index contributed by atoms with van der Waals surface area (Å²) in [5, 5.41) is 5.93. The van der Waals surface area contributed by atoms with Crippen LogP contribution in [0.3, 0.4) is 0 Å². The molecular weight excluding hydrogens is 348 g/mol. The lowest BCUT2D eigenvalue weighted by molar-refractivity contribution is -0.116. The van der Waals surface area contributed by atoms with Gasteiger partial charge in [-0.15, -0.1) is 0 Å². The first-order valence-corrected chi connectivity index (χ1v) is 9.45. The van der Waals surface area contributed by atoms with E-state index in [1.807, 2.05) is 72.8 Å². The van der Waals surface area contributed by atoms with Crippen molar-refractivity contribution in [2.75, 3.05) is 5.32 Å². The molecule has 2 N–H and O–H groups in total. The van der Waals surface area contributed by atoms with E-state index in [2.05, 4.69) is 17.6 Å². The van der Waals surface area contributed by atoms with Crippen LogP contribution in [0.2, 0.25) is 0 Å². The zero-order valence-electron chi connectivity index (χ0n) is 15.9. The van der Waals surface area contributed by atoms with Crippen molar-refractivity contribution in [3.8, 4) is 0 Å². The molecule has 0 aliphatic carbocycles. The Morgan fingerprint density at radius 3 is 2.21 bits per heavy atom. The maximum atomic E-state index is 12.7. The molecule has 0 saturated carbocycles. The summed E-state index contributed by atoms with van der Waals surface area (Å²) in [6.07, 6.45) is 1.06. The third-order valence-corrected chi connectivity index (χ3v) is 4.55. The highest BCUT2D eigenvalue weighted by molar-refractivity contribution is 5.95. The second-order valence-electron chi connectivity index (χ2n) is 6.61. The molecule has 0 aliphatic rings. The first kappa shape index (κ1) is 19.4. The number of benzene rings is 3. The summed E-state index contributed by atoms with van der Waals surface area (Å²) in [4.78, 5) is 25.3. The van der Waals surface area contributed by atoms with Gasteiger partial charge in [0.05, 0.1) is 12.5 Å². The fourth-order valence-electron chi connectivity index (χ4n) is 3.04. The minimum absolute atomic E-state index is 0.143. The van der Waals surface area contributed by atoms with Gasteiger partial charge in [-0.2, -0.15) is 0 Å². The van der Waals surface area contributed by atoms with Gasteiger partial charge >= 0.3 is 0 Å². The Hall–Kier alpha value is -3.40. The molecule has 0 heterocycles. The SMILES string of the molecule is CCc1cccc(NC(=O)C[C@@H](NC(=O)c2ccccc2)c2ccccc2)c1. The van der Waals surface area contributed by atoms with Crippen LogP contribution in [0.25, 0.3) is 0 Å². The van der Waals surface area contributed by atoms with Crippen LogP contribution in [0, 0.1) is 0 Å². The van der Waals surface area contributed by atoms with Crippen molar-refractivity contribution in [1.82, 2.24) is 5.32 Å². The van der Waals surface area contributed by atoms with Crippen LogP contribution in [0.1, 0.15) is 40.9 Å². The van der Waals surface area contributed by atoms with Crippen molar-refractivity contribution in [2.24, 2.45) is 0 Å². The molecule has 0 spiro atoms. The molecule has 3 rings (SSSR count). The highest BCUT2D eigenvalue weighted by Crippen LogP contribution is 2.19. The van der Waals surface area contributed by atoms with E-state index in [9.17, 15) is 9.59 Å². The Morgan fingerprint density at radius 2 is 1.54 bits per heavy atom. The van der Waals surface area contributed by atoms with E-state index in [0.717, 1.165) is 23.2 Å². The predicted octanol–water partition coefficient (Wildman–Crippen LogP) is 4.75. The molecule has 0 fully saturated rings. The molecule has 0 aliphatic heterocycles. The van der Waals surface area contributed by atoms with Crippen molar-refractivity contribution < 1.29 is 9.59 Å². The normalized spacial score (nSPS) is 11.5. The molecule has 3 aromatic rings. The summed E-state index contributed by atoms with van der Waals surface area (Å²) in [5.41, 5.74) is 3.39. The zero-order chi connectivity index (χ0) is 19.8. The van der Waals surface area contributed by atoms with Crippen LogP contribution < -0.4 is 10.6 Å². The van der Waals surface area contributed by atoms with E-state index in [1.165, 1.54) is 0 Å². The van der Waals surface area contributed by atoms with Crippen LogP contribution >= 0.6 is 0 Å². The lowest BCUT2D eigenvalue weighted by Gasteiger charge is -2.19. The molecule has 4 heteroatoms. The van der Waals surface area contributed by atoms with Crippen molar-refractivity contribution in [1.29, 1.82) is 0 Å². The number of rotatable bonds is 7. The summed E-state index contributed by atoms with van der Waals surface area (Å²) >= 11 is 0. The van der Waals surface area contributed by atoms with Crippen molar-refractivity contribution in [2.45, 2.75) is 25.8 Å². The fraction of sp³-hybridized carbons (Fsp3) is 0.167. The Balaban J connectivity index is 1.73. The smallest absolute Gasteiger partial charge is 0.251 e. The molecule has 28 heavy (non-hydrogen) atoms. The standard InChI is InChI=1S/C24H24N2O2/c1-2-18-10-9-15-21(16-18)25-23(27)17-22(19-11-5-3-6-12-19)26-24(28)20-13-7-4-8-14-20/h3-16,22H,2,17H2,1H3,(H,25,27)(H,26,28)/t22-/m1/s1. The average molecular weight is 372 g/mol. The molecule has 3 aromatic carbocycles. The second-order valence-corrected chi connectivity index (χ2v) is 6.61. The number of hydrogen-bond donors (Lipinski definition) is 2. The molecule has 4 nitrogen and oxygen atoms in total. The monoisotopic (exact) mass is 372 g/mol. The van der Waals surface area contributed by atoms with Gasteiger partial charge in [0.25, 0.3) is 5.91 Å². The van der Waals surface area contributed by atoms with Crippen LogP contribution in [0.4, 0.5) is 5.69 Å². The minimum atomic E-state index is -0.414. The molecular formula is C24H24N2O2. The Morgan fingerprint density at radius 1 is 0.857 bits per heavy atom. The van der Waals surface area contributed by atoms with E-state index in [1.54, 1.807) is 12.1 Å². The molecule has 0 unspecified atom stereocenters. The summed E-state index contributed by atoms with van der Waals surface area (Å²) in [6.45, 7) is 2.07. The van der Waals surface area contributed by atoms with Gasteiger partial charge in [-0.3, -0.25) is 9.59 Å². The van der Waals surface area contributed by atoms with Crippen LogP contribution in [-0.2, 0) is 11.2 Å². The van der Waals surface area contributed by atoms with Gasteiger partial charge in [-0.05, 0) is 41.8 Å². The Kier molecular flexibility index (Phi) is 6.58. The lowest BCUT2D eigenvalue weighted by atomic mass is 10.0. The maximum Gasteiger partial charge on any atom is 0.251 e. The minimum Gasteiger partial charge on any atom is -0.345 e. The van der Waals surface area contributed by atoms with Gasteiger partial charge in [-0.25, -0.2) is 0 Å². The topological polar surface area (TPSA) is 58.2 Å². The molecule has 0 bridgehead atoms. The number of anilines is 1. The van der Waals surface area contributed by atoms with E-state index in [4.69, 9.17) is 0 Å². The van der Waals surface area contributed by atoms with Crippen molar-refractivity contribution in [3.63, 3.8) is 0 Å². The number of nitrogens with one attached hydrogen (secondary N) is 2. The van der Waals surface area contributed by atoms with E-state index in [0.29, 0.717) is 5.56 Å². The third kappa shape index (κ3) is 5.30. The molecule has 0 aromatic heterocycles. The summed E-state index contributed by atoms with van der Waals surface area (Å²) < 4.78 is 0. The third-order valence-electron chi connectivity index (χ3n) is 4.55. The highest BCUT2D eigenvalue weighted by atomic mass is 16.2. The van der Waals surface area contributed by atoms with E-state index >= 15 is 0 Å². The molecule has 142 valence electrons. The number of carbonyl (C=O) groups excluding carboxylic acids is 2. The summed E-state index contributed by atoms with van der Waals surface area (Å²) in [5.74, 6) is -0.342. The first-order valence-electron chi connectivity index (χ1n) is 9.45.